The highest BCUT2D eigenvalue weighted by Gasteiger charge is 2.22. The first-order valence-corrected chi connectivity index (χ1v) is 7.59. The Hall–Kier alpha value is -0.870. The quantitative estimate of drug-likeness (QED) is 0.865. The van der Waals surface area contributed by atoms with Crippen LogP contribution in [0.2, 0.25) is 5.02 Å². The summed E-state index contributed by atoms with van der Waals surface area (Å²) in [5.41, 5.74) is 8.79. The van der Waals surface area contributed by atoms with Gasteiger partial charge in [0.2, 0.25) is 0 Å². The van der Waals surface area contributed by atoms with Crippen LogP contribution in [0.5, 0.6) is 0 Å². The van der Waals surface area contributed by atoms with E-state index in [0.29, 0.717) is 11.6 Å². The summed E-state index contributed by atoms with van der Waals surface area (Å²) in [6.45, 7) is 2.36. The Bertz CT molecular complexity index is 586. The van der Waals surface area contributed by atoms with Crippen molar-refractivity contribution in [2.45, 2.75) is 18.9 Å². The molecule has 4 heteroatoms. The third-order valence-corrected chi connectivity index (χ3v) is 4.23. The molecule has 106 valence electrons. The van der Waals surface area contributed by atoms with Crippen LogP contribution in [0.25, 0.3) is 0 Å². The average Bonchev–Trinajstić information content (AvgIpc) is 2.41. The standard InChI is InChI=1S/C16H17BrClNO/c1-10-8-12(17)4-7-14(10)16(20)15(9-19)11-2-5-13(18)6-3-11/h2-8,15-16,20H,9,19H2,1H3. The van der Waals surface area contributed by atoms with Crippen LogP contribution in [-0.2, 0) is 0 Å². The minimum atomic E-state index is -0.630. The minimum Gasteiger partial charge on any atom is -0.388 e. The zero-order valence-electron chi connectivity index (χ0n) is 11.2. The highest BCUT2D eigenvalue weighted by molar-refractivity contribution is 9.10. The summed E-state index contributed by atoms with van der Waals surface area (Å²) < 4.78 is 1.00. The first kappa shape index (κ1) is 15.5. The maximum atomic E-state index is 10.6. The Morgan fingerprint density at radius 2 is 1.85 bits per heavy atom. The fourth-order valence-corrected chi connectivity index (χ4v) is 2.95. The number of nitrogens with two attached hydrogens (primary N) is 1. The second-order valence-corrected chi connectivity index (χ2v) is 6.19. The molecule has 2 aromatic carbocycles. The van der Waals surface area contributed by atoms with E-state index in [2.05, 4.69) is 15.9 Å². The van der Waals surface area contributed by atoms with Crippen LogP contribution in [0.3, 0.4) is 0 Å². The predicted molar refractivity (Wildman–Crippen MR) is 87.1 cm³/mol. The van der Waals surface area contributed by atoms with E-state index in [-0.39, 0.29) is 5.92 Å². The number of aryl methyl sites for hydroxylation is 1. The molecule has 2 aromatic rings. The summed E-state index contributed by atoms with van der Waals surface area (Å²) >= 11 is 9.33. The van der Waals surface area contributed by atoms with Gasteiger partial charge < -0.3 is 10.8 Å². The van der Waals surface area contributed by atoms with Crippen molar-refractivity contribution >= 4 is 27.5 Å². The molecule has 0 aliphatic rings. The third-order valence-electron chi connectivity index (χ3n) is 3.48. The van der Waals surface area contributed by atoms with Gasteiger partial charge in [0.05, 0.1) is 6.10 Å². The van der Waals surface area contributed by atoms with E-state index in [1.54, 1.807) is 0 Å². The fraction of sp³-hybridized carbons (Fsp3) is 0.250. The molecule has 0 aliphatic carbocycles. The molecular weight excluding hydrogens is 338 g/mol. The number of halogens is 2. The molecule has 2 unspecified atom stereocenters. The SMILES string of the molecule is Cc1cc(Br)ccc1C(O)C(CN)c1ccc(Cl)cc1. The van der Waals surface area contributed by atoms with E-state index >= 15 is 0 Å². The largest absolute Gasteiger partial charge is 0.388 e. The predicted octanol–water partition coefficient (Wildman–Crippen LogP) is 4.19. The fourth-order valence-electron chi connectivity index (χ4n) is 2.34. The van der Waals surface area contributed by atoms with Crippen LogP contribution in [0.4, 0.5) is 0 Å². The van der Waals surface area contributed by atoms with E-state index < -0.39 is 6.10 Å². The van der Waals surface area contributed by atoms with Crippen LogP contribution < -0.4 is 5.73 Å². The molecule has 0 spiro atoms. The van der Waals surface area contributed by atoms with Crippen molar-refractivity contribution in [1.29, 1.82) is 0 Å². The summed E-state index contributed by atoms with van der Waals surface area (Å²) in [6, 6.07) is 13.3. The molecule has 20 heavy (non-hydrogen) atoms. The molecule has 0 saturated heterocycles. The van der Waals surface area contributed by atoms with Crippen molar-refractivity contribution in [2.75, 3.05) is 6.54 Å². The summed E-state index contributed by atoms with van der Waals surface area (Å²) in [4.78, 5) is 0. The lowest BCUT2D eigenvalue weighted by molar-refractivity contribution is 0.147. The van der Waals surface area contributed by atoms with Gasteiger partial charge in [-0.05, 0) is 47.9 Å². The summed E-state index contributed by atoms with van der Waals surface area (Å²) in [5, 5.41) is 11.3. The molecule has 0 heterocycles. The van der Waals surface area contributed by atoms with E-state index in [1.165, 1.54) is 0 Å². The topological polar surface area (TPSA) is 46.2 Å². The van der Waals surface area contributed by atoms with Crippen LogP contribution in [0, 0.1) is 6.92 Å². The molecule has 2 rings (SSSR count). The molecule has 0 saturated carbocycles. The van der Waals surface area contributed by atoms with Gasteiger partial charge in [-0.15, -0.1) is 0 Å². The summed E-state index contributed by atoms with van der Waals surface area (Å²) in [5.74, 6) is -0.146. The van der Waals surface area contributed by atoms with E-state index in [9.17, 15) is 5.11 Å². The lowest BCUT2D eigenvalue weighted by Crippen LogP contribution is -2.20. The smallest absolute Gasteiger partial charge is 0.0873 e. The lowest BCUT2D eigenvalue weighted by atomic mass is 9.87. The molecule has 3 N–H and O–H groups in total. The second kappa shape index (κ2) is 6.72. The number of benzene rings is 2. The molecule has 0 aliphatic heterocycles. The number of rotatable bonds is 4. The Morgan fingerprint density at radius 1 is 1.20 bits per heavy atom. The van der Waals surface area contributed by atoms with Gasteiger partial charge in [-0.3, -0.25) is 0 Å². The van der Waals surface area contributed by atoms with Crippen LogP contribution in [0.1, 0.15) is 28.7 Å². The Kier molecular flexibility index (Phi) is 5.22. The van der Waals surface area contributed by atoms with Crippen molar-refractivity contribution in [3.8, 4) is 0 Å². The highest BCUT2D eigenvalue weighted by atomic mass is 79.9. The first-order valence-electron chi connectivity index (χ1n) is 6.42. The molecule has 2 nitrogen and oxygen atoms in total. The average molecular weight is 355 g/mol. The van der Waals surface area contributed by atoms with Crippen molar-refractivity contribution in [3.05, 3.63) is 68.7 Å². The normalized spacial score (nSPS) is 14.1. The van der Waals surface area contributed by atoms with Crippen molar-refractivity contribution in [3.63, 3.8) is 0 Å². The Labute approximate surface area is 132 Å². The van der Waals surface area contributed by atoms with Crippen molar-refractivity contribution in [1.82, 2.24) is 0 Å². The van der Waals surface area contributed by atoms with Gasteiger partial charge in [-0.1, -0.05) is 45.7 Å². The maximum Gasteiger partial charge on any atom is 0.0873 e. The Balaban J connectivity index is 2.33. The van der Waals surface area contributed by atoms with Crippen LogP contribution in [0.15, 0.2) is 46.9 Å². The van der Waals surface area contributed by atoms with E-state index in [4.69, 9.17) is 17.3 Å². The highest BCUT2D eigenvalue weighted by Crippen LogP contribution is 2.33. The monoisotopic (exact) mass is 353 g/mol. The van der Waals surface area contributed by atoms with Crippen molar-refractivity contribution in [2.24, 2.45) is 5.73 Å². The molecule has 0 aromatic heterocycles. The lowest BCUT2D eigenvalue weighted by Gasteiger charge is -2.24. The first-order chi connectivity index (χ1) is 9.52. The molecule has 2 atom stereocenters. The summed E-state index contributed by atoms with van der Waals surface area (Å²) in [7, 11) is 0. The molecule has 0 fully saturated rings. The van der Waals surface area contributed by atoms with E-state index in [1.807, 2.05) is 49.4 Å². The number of hydrogen-bond donors (Lipinski definition) is 2. The van der Waals surface area contributed by atoms with Gasteiger partial charge in [0.1, 0.15) is 0 Å². The van der Waals surface area contributed by atoms with Crippen molar-refractivity contribution < 1.29 is 5.11 Å². The minimum absolute atomic E-state index is 0.146. The molecule has 0 bridgehead atoms. The maximum absolute atomic E-state index is 10.6. The second-order valence-electron chi connectivity index (χ2n) is 4.84. The van der Waals surface area contributed by atoms with Gasteiger partial charge in [0, 0.05) is 22.0 Å². The van der Waals surface area contributed by atoms with Gasteiger partial charge in [0.25, 0.3) is 0 Å². The molecule has 0 radical (unpaired) electrons. The van der Waals surface area contributed by atoms with Gasteiger partial charge in [0.15, 0.2) is 0 Å². The van der Waals surface area contributed by atoms with Crippen LogP contribution >= 0.6 is 27.5 Å². The number of aliphatic hydroxyl groups is 1. The van der Waals surface area contributed by atoms with Gasteiger partial charge in [-0.25, -0.2) is 0 Å². The third kappa shape index (κ3) is 3.41. The molecular formula is C16H17BrClNO. The summed E-state index contributed by atoms with van der Waals surface area (Å²) in [6.07, 6.45) is -0.630. The zero-order chi connectivity index (χ0) is 14.7. The van der Waals surface area contributed by atoms with Crippen LogP contribution in [-0.4, -0.2) is 11.7 Å². The zero-order valence-corrected chi connectivity index (χ0v) is 13.5. The van der Waals surface area contributed by atoms with Gasteiger partial charge >= 0.3 is 0 Å². The van der Waals surface area contributed by atoms with Gasteiger partial charge in [-0.2, -0.15) is 0 Å². The van der Waals surface area contributed by atoms with E-state index in [0.717, 1.165) is 21.2 Å². The molecule has 0 amide bonds. The number of hydrogen-bond acceptors (Lipinski definition) is 2. The number of aliphatic hydroxyl groups excluding tert-OH is 1. The Morgan fingerprint density at radius 3 is 2.40 bits per heavy atom.